The predicted octanol–water partition coefficient (Wildman–Crippen LogP) is 4.21. The third-order valence-corrected chi connectivity index (χ3v) is 3.30. The number of allylic oxidation sites excluding steroid dienone is 1. The van der Waals surface area contributed by atoms with Gasteiger partial charge in [-0.15, -0.1) is 0 Å². The van der Waals surface area contributed by atoms with Crippen molar-refractivity contribution in [2.24, 2.45) is 0 Å². The zero-order valence-electron chi connectivity index (χ0n) is 9.37. The molecule has 0 amide bonds. The third kappa shape index (κ3) is 3.45. The Morgan fingerprint density at radius 3 is 2.73 bits per heavy atom. The molecule has 0 unspecified atom stereocenters. The lowest BCUT2D eigenvalue weighted by Crippen LogP contribution is -1.80. The Bertz CT molecular complexity index is 413. The standard InChI is InChI=1S/C13H15NS/c1-4-12(8-14)9-15-13-6-5-10(2)7-11(13)3/h5-7,9H,4H2,1-3H3. The Balaban J connectivity index is 2.82. The van der Waals surface area contributed by atoms with Gasteiger partial charge >= 0.3 is 0 Å². The number of nitrogens with zero attached hydrogens (tertiary/aromatic N) is 1. The molecule has 0 saturated heterocycles. The van der Waals surface area contributed by atoms with Crippen molar-refractivity contribution in [2.45, 2.75) is 32.1 Å². The van der Waals surface area contributed by atoms with Gasteiger partial charge in [-0.1, -0.05) is 36.4 Å². The molecule has 78 valence electrons. The summed E-state index contributed by atoms with van der Waals surface area (Å²) in [6.07, 6.45) is 0.800. The summed E-state index contributed by atoms with van der Waals surface area (Å²) in [5, 5.41) is 10.7. The largest absolute Gasteiger partial charge is 0.193 e. The number of hydrogen-bond acceptors (Lipinski definition) is 2. The molecule has 1 nitrogen and oxygen atoms in total. The number of thioether (sulfide) groups is 1. The van der Waals surface area contributed by atoms with Gasteiger partial charge in [-0.3, -0.25) is 0 Å². The Morgan fingerprint density at radius 2 is 2.20 bits per heavy atom. The van der Waals surface area contributed by atoms with Crippen molar-refractivity contribution >= 4 is 11.8 Å². The van der Waals surface area contributed by atoms with Crippen molar-refractivity contribution in [3.63, 3.8) is 0 Å². The minimum Gasteiger partial charge on any atom is -0.193 e. The third-order valence-electron chi connectivity index (χ3n) is 2.18. The van der Waals surface area contributed by atoms with Crippen molar-refractivity contribution in [3.8, 4) is 6.07 Å². The van der Waals surface area contributed by atoms with Crippen LogP contribution in [0, 0.1) is 25.2 Å². The van der Waals surface area contributed by atoms with Crippen LogP contribution in [0.15, 0.2) is 34.1 Å². The molecule has 1 aromatic carbocycles. The number of rotatable bonds is 3. The van der Waals surface area contributed by atoms with E-state index in [2.05, 4.69) is 38.1 Å². The number of aryl methyl sites for hydroxylation is 2. The second-order valence-electron chi connectivity index (χ2n) is 3.50. The van der Waals surface area contributed by atoms with E-state index in [9.17, 15) is 0 Å². The molecule has 0 spiro atoms. The molecule has 1 rings (SSSR count). The van der Waals surface area contributed by atoms with Crippen LogP contribution in [0.1, 0.15) is 24.5 Å². The summed E-state index contributed by atoms with van der Waals surface area (Å²) >= 11 is 1.63. The number of benzene rings is 1. The molecule has 0 aliphatic carbocycles. The van der Waals surface area contributed by atoms with Gasteiger partial charge in [0.25, 0.3) is 0 Å². The molecular formula is C13H15NS. The zero-order valence-corrected chi connectivity index (χ0v) is 10.2. The molecule has 0 radical (unpaired) electrons. The van der Waals surface area contributed by atoms with Crippen LogP contribution >= 0.6 is 11.8 Å². The molecule has 0 fully saturated rings. The smallest absolute Gasteiger partial charge is 0.0952 e. The highest BCUT2D eigenvalue weighted by Gasteiger charge is 1.98. The van der Waals surface area contributed by atoms with E-state index in [0.29, 0.717) is 0 Å². The maximum atomic E-state index is 8.79. The molecule has 2 heteroatoms. The highest BCUT2D eigenvalue weighted by molar-refractivity contribution is 8.02. The number of hydrogen-bond donors (Lipinski definition) is 0. The molecule has 0 atom stereocenters. The Morgan fingerprint density at radius 1 is 1.47 bits per heavy atom. The highest BCUT2D eigenvalue weighted by atomic mass is 32.2. The summed E-state index contributed by atoms with van der Waals surface area (Å²) in [7, 11) is 0. The summed E-state index contributed by atoms with van der Waals surface area (Å²) < 4.78 is 0. The van der Waals surface area contributed by atoms with E-state index in [-0.39, 0.29) is 0 Å². The molecular weight excluding hydrogens is 202 g/mol. The van der Waals surface area contributed by atoms with Crippen LogP contribution < -0.4 is 0 Å². The minimum absolute atomic E-state index is 0.800. The second kappa shape index (κ2) is 5.63. The van der Waals surface area contributed by atoms with Crippen LogP contribution in [-0.2, 0) is 0 Å². The lowest BCUT2D eigenvalue weighted by molar-refractivity contribution is 1.16. The van der Waals surface area contributed by atoms with Gasteiger partial charge in [-0.2, -0.15) is 5.26 Å². The fourth-order valence-electron chi connectivity index (χ4n) is 1.25. The molecule has 0 saturated carbocycles. The lowest BCUT2D eigenvalue weighted by atomic mass is 10.2. The van der Waals surface area contributed by atoms with Crippen LogP contribution in [0.5, 0.6) is 0 Å². The van der Waals surface area contributed by atoms with Gasteiger partial charge in [-0.25, -0.2) is 0 Å². The highest BCUT2D eigenvalue weighted by Crippen LogP contribution is 2.25. The summed E-state index contributed by atoms with van der Waals surface area (Å²) in [4.78, 5) is 1.22. The van der Waals surface area contributed by atoms with Gasteiger partial charge in [0.05, 0.1) is 6.07 Å². The molecule has 0 bridgehead atoms. The monoisotopic (exact) mass is 217 g/mol. The van der Waals surface area contributed by atoms with Gasteiger partial charge in [0, 0.05) is 10.5 Å². The van der Waals surface area contributed by atoms with E-state index in [0.717, 1.165) is 12.0 Å². The average molecular weight is 217 g/mol. The van der Waals surface area contributed by atoms with E-state index >= 15 is 0 Å². The predicted molar refractivity (Wildman–Crippen MR) is 65.8 cm³/mol. The SMILES string of the molecule is CCC(C#N)=CSc1ccc(C)cc1C. The first-order valence-corrected chi connectivity index (χ1v) is 5.88. The Labute approximate surface area is 95.8 Å². The normalized spacial score (nSPS) is 11.2. The first kappa shape index (κ1) is 11.9. The first-order chi connectivity index (χ1) is 7.17. The molecule has 0 aromatic heterocycles. The van der Waals surface area contributed by atoms with Crippen molar-refractivity contribution in [1.82, 2.24) is 0 Å². The van der Waals surface area contributed by atoms with E-state index < -0.39 is 0 Å². The van der Waals surface area contributed by atoms with E-state index in [1.807, 2.05) is 12.3 Å². The molecule has 0 aliphatic heterocycles. The Kier molecular flexibility index (Phi) is 4.45. The van der Waals surface area contributed by atoms with Crippen LogP contribution in [0.3, 0.4) is 0 Å². The molecule has 0 N–H and O–H groups in total. The van der Waals surface area contributed by atoms with Crippen LogP contribution in [0.4, 0.5) is 0 Å². The van der Waals surface area contributed by atoms with E-state index in [1.165, 1.54) is 16.0 Å². The van der Waals surface area contributed by atoms with E-state index in [4.69, 9.17) is 5.26 Å². The Hall–Kier alpha value is -1.20. The average Bonchev–Trinajstić information content (AvgIpc) is 2.22. The summed E-state index contributed by atoms with van der Waals surface area (Å²) in [6.45, 7) is 6.18. The maximum absolute atomic E-state index is 8.79. The quantitative estimate of drug-likeness (QED) is 0.559. The summed E-state index contributed by atoms with van der Waals surface area (Å²) in [6, 6.07) is 8.56. The van der Waals surface area contributed by atoms with Crippen molar-refractivity contribution < 1.29 is 0 Å². The number of nitriles is 1. The van der Waals surface area contributed by atoms with Crippen LogP contribution in [-0.4, -0.2) is 0 Å². The van der Waals surface area contributed by atoms with Crippen molar-refractivity contribution in [2.75, 3.05) is 0 Å². The topological polar surface area (TPSA) is 23.8 Å². The van der Waals surface area contributed by atoms with Crippen LogP contribution in [0.2, 0.25) is 0 Å². The molecule has 0 heterocycles. The first-order valence-electron chi connectivity index (χ1n) is 5.00. The summed E-state index contributed by atoms with van der Waals surface area (Å²) in [5.74, 6) is 0. The lowest BCUT2D eigenvalue weighted by Gasteiger charge is -2.03. The zero-order chi connectivity index (χ0) is 11.3. The minimum atomic E-state index is 0.800. The fourth-order valence-corrected chi connectivity index (χ4v) is 2.13. The molecule has 0 aliphatic rings. The van der Waals surface area contributed by atoms with Gasteiger partial charge in [0.2, 0.25) is 0 Å². The maximum Gasteiger partial charge on any atom is 0.0952 e. The van der Waals surface area contributed by atoms with E-state index in [1.54, 1.807) is 11.8 Å². The summed E-state index contributed by atoms with van der Waals surface area (Å²) in [5.41, 5.74) is 3.38. The van der Waals surface area contributed by atoms with Crippen LogP contribution in [0.25, 0.3) is 0 Å². The van der Waals surface area contributed by atoms with Crippen molar-refractivity contribution in [1.29, 1.82) is 5.26 Å². The molecule has 15 heavy (non-hydrogen) atoms. The van der Waals surface area contributed by atoms with Gasteiger partial charge in [0.1, 0.15) is 0 Å². The second-order valence-corrected chi connectivity index (χ2v) is 4.41. The molecule has 1 aromatic rings. The van der Waals surface area contributed by atoms with Gasteiger partial charge in [-0.05, 0) is 37.3 Å². The van der Waals surface area contributed by atoms with Crippen molar-refractivity contribution in [3.05, 3.63) is 40.3 Å². The van der Waals surface area contributed by atoms with Gasteiger partial charge < -0.3 is 0 Å². The van der Waals surface area contributed by atoms with Gasteiger partial charge in [0.15, 0.2) is 0 Å². The fraction of sp³-hybridized carbons (Fsp3) is 0.308.